The highest BCUT2D eigenvalue weighted by molar-refractivity contribution is 8.00. The van der Waals surface area contributed by atoms with Gasteiger partial charge in [-0.1, -0.05) is 53.4 Å². The van der Waals surface area contributed by atoms with Crippen LogP contribution >= 0.6 is 35.3 Å². The molecular weight excluding hydrogens is 537 g/mol. The lowest BCUT2D eigenvalue weighted by Crippen LogP contribution is -2.37. The van der Waals surface area contributed by atoms with E-state index in [4.69, 9.17) is 17.0 Å². The van der Waals surface area contributed by atoms with Crippen molar-refractivity contribution in [2.45, 2.75) is 22.9 Å². The number of nitrogens with one attached hydrogen (secondary N) is 1. The highest BCUT2D eigenvalue weighted by Gasteiger charge is 2.24. The number of carbonyl (C=O) groups is 2. The van der Waals surface area contributed by atoms with Gasteiger partial charge in [0, 0.05) is 42.8 Å². The Bertz CT molecular complexity index is 1500. The maximum Gasteiger partial charge on any atom is 0.255 e. The lowest BCUT2D eigenvalue weighted by atomic mass is 10.0. The summed E-state index contributed by atoms with van der Waals surface area (Å²) >= 11 is 8.67. The van der Waals surface area contributed by atoms with Gasteiger partial charge in [0.1, 0.15) is 0 Å². The third-order valence-electron chi connectivity index (χ3n) is 6.16. The topological polar surface area (TPSA) is 76.5 Å². The number of hydrogen-bond donors (Lipinski definition) is 1. The summed E-state index contributed by atoms with van der Waals surface area (Å²) in [5, 5.41) is 7.64. The Morgan fingerprint density at radius 1 is 1.11 bits per heavy atom. The van der Waals surface area contributed by atoms with Crippen molar-refractivity contribution in [3.05, 3.63) is 93.4 Å². The summed E-state index contributed by atoms with van der Waals surface area (Å²) < 4.78 is 8.43. The lowest BCUT2D eigenvalue weighted by Gasteiger charge is -2.29. The first kappa shape index (κ1) is 26.3. The van der Waals surface area contributed by atoms with Crippen molar-refractivity contribution in [3.8, 4) is 5.69 Å². The highest BCUT2D eigenvalue weighted by Crippen LogP contribution is 2.31. The van der Waals surface area contributed by atoms with Crippen LogP contribution < -0.4 is 10.2 Å². The van der Waals surface area contributed by atoms with Crippen molar-refractivity contribution in [1.29, 1.82) is 0 Å². The number of fused-ring (bicyclic) bond motifs is 1. The van der Waals surface area contributed by atoms with Crippen LogP contribution in [0.3, 0.4) is 0 Å². The minimum atomic E-state index is -0.208. The van der Waals surface area contributed by atoms with E-state index in [2.05, 4.69) is 22.5 Å². The predicted molar refractivity (Wildman–Crippen MR) is 155 cm³/mol. The van der Waals surface area contributed by atoms with Crippen LogP contribution in [-0.2, 0) is 21.7 Å². The number of thioether (sulfide) groups is 1. The Kier molecular flexibility index (Phi) is 8.33. The third kappa shape index (κ3) is 6.05. The number of aryl methyl sites for hydroxylation is 1. The number of carbonyl (C=O) groups excluding carboxylic acids is 2. The Morgan fingerprint density at radius 2 is 1.89 bits per heavy atom. The fraction of sp³-hybridized carbons (Fsp3) is 0.214. The molecule has 0 saturated heterocycles. The van der Waals surface area contributed by atoms with E-state index < -0.39 is 0 Å². The second-order valence-electron chi connectivity index (χ2n) is 8.70. The quantitative estimate of drug-likeness (QED) is 0.195. The fourth-order valence-corrected chi connectivity index (χ4v) is 6.54. The van der Waals surface area contributed by atoms with Gasteiger partial charge in [-0.15, -0.1) is 5.10 Å². The van der Waals surface area contributed by atoms with Gasteiger partial charge in [0.25, 0.3) is 5.91 Å². The summed E-state index contributed by atoms with van der Waals surface area (Å²) in [6.07, 6.45) is 1.09. The minimum absolute atomic E-state index is 0.0913. The smallest absolute Gasteiger partial charge is 0.255 e. The number of amides is 2. The standard InChI is InChI=1S/C28H26N4O3S3/c1-35-16-15-31-24-13-10-22(17-21(24)9-14-25(31)33)29-26(34)20-7-11-23(12-8-20)32-28(36)38-27(30-32)37-18-19-5-3-2-4-6-19/h2-8,10-13,17H,9,14-16,18H2,1H3,(H,29,34). The molecule has 1 aromatic heterocycles. The van der Waals surface area contributed by atoms with E-state index in [-0.39, 0.29) is 11.8 Å². The van der Waals surface area contributed by atoms with E-state index in [1.54, 1.807) is 40.6 Å². The summed E-state index contributed by atoms with van der Waals surface area (Å²) in [6.45, 7) is 0.982. The molecule has 2 amide bonds. The van der Waals surface area contributed by atoms with Gasteiger partial charge in [0.2, 0.25) is 5.91 Å². The Balaban J connectivity index is 1.25. The molecule has 1 aliphatic rings. The number of rotatable bonds is 9. The van der Waals surface area contributed by atoms with E-state index in [1.165, 1.54) is 16.9 Å². The van der Waals surface area contributed by atoms with Crippen molar-refractivity contribution in [3.63, 3.8) is 0 Å². The van der Waals surface area contributed by atoms with Gasteiger partial charge in [-0.2, -0.15) is 0 Å². The molecule has 4 aromatic rings. The molecule has 7 nitrogen and oxygen atoms in total. The molecule has 0 atom stereocenters. The van der Waals surface area contributed by atoms with Crippen LogP contribution in [0.5, 0.6) is 0 Å². The molecule has 194 valence electrons. The second-order valence-corrected chi connectivity index (χ2v) is 11.5. The molecule has 0 saturated carbocycles. The number of methoxy groups -OCH3 is 1. The number of nitrogens with zero attached hydrogens (tertiary/aromatic N) is 3. The summed E-state index contributed by atoms with van der Waals surface area (Å²) in [6, 6.07) is 23.1. The van der Waals surface area contributed by atoms with Crippen molar-refractivity contribution >= 4 is 58.5 Å². The molecule has 5 rings (SSSR count). The van der Waals surface area contributed by atoms with Crippen LogP contribution in [0.4, 0.5) is 11.4 Å². The molecule has 2 heterocycles. The molecule has 3 aromatic carbocycles. The van der Waals surface area contributed by atoms with Crippen LogP contribution in [0.2, 0.25) is 0 Å². The maximum atomic E-state index is 12.9. The first-order chi connectivity index (χ1) is 18.5. The maximum absolute atomic E-state index is 12.9. The summed E-state index contributed by atoms with van der Waals surface area (Å²) in [7, 11) is 1.62. The number of aromatic nitrogens is 2. The summed E-state index contributed by atoms with van der Waals surface area (Å²) in [4.78, 5) is 27.0. The van der Waals surface area contributed by atoms with Gasteiger partial charge in [0.15, 0.2) is 8.29 Å². The number of anilines is 2. The Labute approximate surface area is 234 Å². The van der Waals surface area contributed by atoms with Gasteiger partial charge in [0.05, 0.1) is 12.3 Å². The molecular formula is C28H26N4O3S3. The molecule has 38 heavy (non-hydrogen) atoms. The zero-order valence-corrected chi connectivity index (χ0v) is 23.2. The number of benzene rings is 3. The van der Waals surface area contributed by atoms with Crippen LogP contribution in [0, 0.1) is 3.95 Å². The SMILES string of the molecule is COCCN1C(=O)CCc2cc(NC(=O)c3ccc(-n4nc(SCc5ccccc5)sc4=S)cc3)ccc21. The van der Waals surface area contributed by atoms with E-state index in [1.807, 2.05) is 48.5 Å². The van der Waals surface area contributed by atoms with Crippen LogP contribution in [0.25, 0.3) is 5.69 Å². The monoisotopic (exact) mass is 562 g/mol. The molecule has 0 aliphatic carbocycles. The predicted octanol–water partition coefficient (Wildman–Crippen LogP) is 6.13. The molecule has 1 aliphatic heterocycles. The van der Waals surface area contributed by atoms with Crippen molar-refractivity contribution in [2.24, 2.45) is 0 Å². The Morgan fingerprint density at radius 3 is 2.66 bits per heavy atom. The molecule has 0 fully saturated rings. The van der Waals surface area contributed by atoms with E-state index in [0.29, 0.717) is 41.2 Å². The van der Waals surface area contributed by atoms with E-state index in [9.17, 15) is 9.59 Å². The zero-order chi connectivity index (χ0) is 26.5. The number of ether oxygens (including phenoxy) is 1. The second kappa shape index (κ2) is 12.0. The van der Waals surface area contributed by atoms with Crippen molar-refractivity contribution in [1.82, 2.24) is 9.78 Å². The molecule has 0 unspecified atom stereocenters. The minimum Gasteiger partial charge on any atom is -0.383 e. The highest BCUT2D eigenvalue weighted by atomic mass is 32.2. The zero-order valence-electron chi connectivity index (χ0n) is 20.8. The average molecular weight is 563 g/mol. The van der Waals surface area contributed by atoms with E-state index in [0.717, 1.165) is 27.0 Å². The molecule has 1 N–H and O–H groups in total. The normalized spacial score (nSPS) is 12.9. The van der Waals surface area contributed by atoms with Gasteiger partial charge in [-0.05, 0) is 72.2 Å². The average Bonchev–Trinajstić information content (AvgIpc) is 3.32. The van der Waals surface area contributed by atoms with Crippen LogP contribution in [0.1, 0.15) is 27.9 Å². The lowest BCUT2D eigenvalue weighted by molar-refractivity contribution is -0.119. The third-order valence-corrected chi connectivity index (χ3v) is 8.60. The molecule has 0 spiro atoms. The van der Waals surface area contributed by atoms with Crippen molar-refractivity contribution < 1.29 is 14.3 Å². The summed E-state index contributed by atoms with van der Waals surface area (Å²) in [5.74, 6) is 0.709. The van der Waals surface area contributed by atoms with Gasteiger partial charge in [-0.25, -0.2) is 4.68 Å². The molecule has 10 heteroatoms. The molecule has 0 bridgehead atoms. The van der Waals surface area contributed by atoms with Crippen LogP contribution in [-0.4, -0.2) is 41.9 Å². The molecule has 0 radical (unpaired) electrons. The Hall–Kier alpha value is -3.31. The number of hydrogen-bond acceptors (Lipinski definition) is 7. The van der Waals surface area contributed by atoms with Gasteiger partial charge >= 0.3 is 0 Å². The summed E-state index contributed by atoms with van der Waals surface area (Å²) in [5.41, 5.74) is 5.18. The first-order valence-corrected chi connectivity index (χ1v) is 14.3. The van der Waals surface area contributed by atoms with Crippen LogP contribution in [0.15, 0.2) is 77.1 Å². The fourth-order valence-electron chi connectivity index (χ4n) is 4.22. The van der Waals surface area contributed by atoms with Crippen molar-refractivity contribution in [2.75, 3.05) is 30.5 Å². The van der Waals surface area contributed by atoms with Gasteiger partial charge in [-0.3, -0.25) is 9.59 Å². The largest absolute Gasteiger partial charge is 0.383 e. The van der Waals surface area contributed by atoms with Gasteiger partial charge < -0.3 is 15.0 Å². The first-order valence-electron chi connectivity index (χ1n) is 12.1. The van der Waals surface area contributed by atoms with E-state index >= 15 is 0 Å².